The van der Waals surface area contributed by atoms with Crippen molar-refractivity contribution in [3.05, 3.63) is 169 Å². The molecule has 0 fully saturated rings. The summed E-state index contributed by atoms with van der Waals surface area (Å²) in [5.41, 5.74) is 13.2. The van der Waals surface area contributed by atoms with Crippen molar-refractivity contribution in [3.8, 4) is 56.0 Å². The van der Waals surface area contributed by atoms with Crippen molar-refractivity contribution >= 4 is 21.9 Å². The maximum atomic E-state index is 6.69. The Morgan fingerprint density at radius 3 is 1.62 bits per heavy atom. The first kappa shape index (κ1) is 27.5. The monoisotopic (exact) mass is 604 g/mol. The second-order valence-corrected chi connectivity index (χ2v) is 13.0. The Hall–Kier alpha value is -5.86. The lowest BCUT2D eigenvalue weighted by Gasteiger charge is -2.34. The van der Waals surface area contributed by atoms with E-state index in [1.165, 1.54) is 38.9 Å². The van der Waals surface area contributed by atoms with Crippen molar-refractivity contribution in [2.45, 2.75) is 19.3 Å². The highest BCUT2D eigenvalue weighted by molar-refractivity contribution is 6.07. The van der Waals surface area contributed by atoms with Crippen LogP contribution in [0, 0.1) is 0 Å². The van der Waals surface area contributed by atoms with Crippen LogP contribution in [-0.2, 0) is 5.41 Å². The number of fused-ring (bicyclic) bond motifs is 6. The summed E-state index contributed by atoms with van der Waals surface area (Å²) in [6, 6.07) is 56.2. The predicted octanol–water partition coefficient (Wildman–Crippen LogP) is 12.7. The lowest BCUT2D eigenvalue weighted by Crippen LogP contribution is -2.24. The van der Waals surface area contributed by atoms with Gasteiger partial charge in [-0.1, -0.05) is 129 Å². The van der Waals surface area contributed by atoms with E-state index in [1.807, 2.05) is 12.1 Å². The fourth-order valence-electron chi connectivity index (χ4n) is 7.14. The van der Waals surface area contributed by atoms with E-state index in [2.05, 4.69) is 159 Å². The molecule has 0 saturated heterocycles. The highest BCUT2D eigenvalue weighted by atomic mass is 16.5. The lowest BCUT2D eigenvalue weighted by molar-refractivity contribution is 0.415. The van der Waals surface area contributed by atoms with Crippen molar-refractivity contribution < 1.29 is 9.15 Å². The molecule has 0 atom stereocenters. The molecule has 0 unspecified atom stereocenters. The van der Waals surface area contributed by atoms with Crippen LogP contribution in [0.25, 0.3) is 66.4 Å². The quantitative estimate of drug-likeness (QED) is 0.199. The molecule has 1 aliphatic rings. The van der Waals surface area contributed by atoms with Gasteiger partial charge in [0.05, 0.1) is 0 Å². The van der Waals surface area contributed by atoms with E-state index in [0.29, 0.717) is 0 Å². The third-order valence-corrected chi connectivity index (χ3v) is 9.74. The first-order valence-corrected chi connectivity index (χ1v) is 16.2. The van der Waals surface area contributed by atoms with Crippen molar-refractivity contribution in [2.24, 2.45) is 0 Å². The number of hydrogen-bond donors (Lipinski definition) is 0. The van der Waals surface area contributed by atoms with Gasteiger partial charge in [-0.2, -0.15) is 0 Å². The second-order valence-electron chi connectivity index (χ2n) is 13.0. The lowest BCUT2D eigenvalue weighted by atomic mass is 9.74. The highest BCUT2D eigenvalue weighted by Crippen LogP contribution is 2.52. The van der Waals surface area contributed by atoms with Gasteiger partial charge in [0.25, 0.3) is 0 Å². The third-order valence-electron chi connectivity index (χ3n) is 9.74. The van der Waals surface area contributed by atoms with Crippen LogP contribution in [0.15, 0.2) is 162 Å². The number of furan rings is 1. The fraction of sp³-hybridized carbons (Fsp3) is 0.0667. The SMILES string of the molecule is CC1(C)c2cc(-c3cc(-c4ccccc4)cc(-c4ccc(-c5ccccc5)cc4)c3)ccc2Oc2c1ccc1c2oc2ccccc21. The number of para-hydroxylation sites is 1. The average molecular weight is 605 g/mol. The fourth-order valence-corrected chi connectivity index (χ4v) is 7.14. The molecule has 7 aromatic carbocycles. The van der Waals surface area contributed by atoms with E-state index in [9.17, 15) is 0 Å². The smallest absolute Gasteiger partial charge is 0.178 e. The van der Waals surface area contributed by atoms with Crippen LogP contribution in [0.3, 0.4) is 0 Å². The molecule has 0 bridgehead atoms. The van der Waals surface area contributed by atoms with Crippen LogP contribution >= 0.6 is 0 Å². The summed E-state index contributed by atoms with van der Waals surface area (Å²) in [7, 11) is 0. The zero-order valence-electron chi connectivity index (χ0n) is 26.3. The van der Waals surface area contributed by atoms with Gasteiger partial charge >= 0.3 is 0 Å². The minimum atomic E-state index is -0.292. The molecular formula is C45H32O2. The average Bonchev–Trinajstić information content (AvgIpc) is 3.52. The summed E-state index contributed by atoms with van der Waals surface area (Å²) < 4.78 is 13.1. The van der Waals surface area contributed by atoms with Crippen LogP contribution in [0.1, 0.15) is 25.0 Å². The molecule has 2 nitrogen and oxygen atoms in total. The Morgan fingerprint density at radius 1 is 0.404 bits per heavy atom. The molecule has 0 radical (unpaired) electrons. The zero-order chi connectivity index (χ0) is 31.5. The van der Waals surface area contributed by atoms with E-state index in [1.54, 1.807) is 0 Å². The summed E-state index contributed by atoms with van der Waals surface area (Å²) >= 11 is 0. The van der Waals surface area contributed by atoms with Gasteiger partial charge in [0.1, 0.15) is 11.3 Å². The van der Waals surface area contributed by atoms with Gasteiger partial charge < -0.3 is 9.15 Å². The molecule has 1 aliphatic heterocycles. The second kappa shape index (κ2) is 10.6. The molecule has 0 aliphatic carbocycles. The van der Waals surface area contributed by atoms with Crippen molar-refractivity contribution in [2.75, 3.05) is 0 Å². The molecule has 2 heteroatoms. The van der Waals surface area contributed by atoms with E-state index in [4.69, 9.17) is 9.15 Å². The summed E-state index contributed by atoms with van der Waals surface area (Å²) in [5, 5.41) is 2.19. The Morgan fingerprint density at radius 2 is 0.936 bits per heavy atom. The first-order chi connectivity index (χ1) is 23.0. The molecule has 1 aromatic heterocycles. The summed E-state index contributed by atoms with van der Waals surface area (Å²) in [5.74, 6) is 1.69. The highest BCUT2D eigenvalue weighted by Gasteiger charge is 2.36. The number of benzene rings is 7. The third kappa shape index (κ3) is 4.56. The van der Waals surface area contributed by atoms with Crippen molar-refractivity contribution in [3.63, 3.8) is 0 Å². The minimum absolute atomic E-state index is 0.292. The normalized spacial score (nSPS) is 13.2. The topological polar surface area (TPSA) is 22.4 Å². The van der Waals surface area contributed by atoms with Crippen LogP contribution in [0.2, 0.25) is 0 Å². The Kier molecular flexibility index (Phi) is 6.20. The molecule has 47 heavy (non-hydrogen) atoms. The number of ether oxygens (including phenoxy) is 1. The molecule has 0 N–H and O–H groups in total. The first-order valence-electron chi connectivity index (χ1n) is 16.2. The van der Waals surface area contributed by atoms with Gasteiger partial charge in [-0.05, 0) is 87.0 Å². The summed E-state index contributed by atoms with van der Waals surface area (Å²) in [4.78, 5) is 0. The molecule has 0 spiro atoms. The zero-order valence-corrected chi connectivity index (χ0v) is 26.3. The van der Waals surface area contributed by atoms with Crippen LogP contribution in [-0.4, -0.2) is 0 Å². The molecular weight excluding hydrogens is 572 g/mol. The van der Waals surface area contributed by atoms with E-state index < -0.39 is 0 Å². The molecule has 8 aromatic rings. The van der Waals surface area contributed by atoms with E-state index in [-0.39, 0.29) is 5.41 Å². The van der Waals surface area contributed by atoms with Crippen molar-refractivity contribution in [1.82, 2.24) is 0 Å². The van der Waals surface area contributed by atoms with Crippen LogP contribution < -0.4 is 4.74 Å². The molecule has 9 rings (SSSR count). The van der Waals surface area contributed by atoms with Gasteiger partial charge in [-0.25, -0.2) is 0 Å². The van der Waals surface area contributed by atoms with Crippen LogP contribution in [0.5, 0.6) is 11.5 Å². The number of hydrogen-bond acceptors (Lipinski definition) is 2. The van der Waals surface area contributed by atoms with Gasteiger partial charge in [-0.3, -0.25) is 0 Å². The molecule has 224 valence electrons. The van der Waals surface area contributed by atoms with Gasteiger partial charge in [0.2, 0.25) is 0 Å². The number of rotatable bonds is 4. The van der Waals surface area contributed by atoms with Gasteiger partial charge in [0, 0.05) is 27.3 Å². The maximum Gasteiger partial charge on any atom is 0.178 e. The maximum absolute atomic E-state index is 6.69. The van der Waals surface area contributed by atoms with Gasteiger partial charge in [-0.15, -0.1) is 0 Å². The van der Waals surface area contributed by atoms with E-state index >= 15 is 0 Å². The molecule has 0 saturated carbocycles. The summed E-state index contributed by atoms with van der Waals surface area (Å²) in [6.45, 7) is 4.57. The largest absolute Gasteiger partial charge is 0.453 e. The molecule has 2 heterocycles. The summed E-state index contributed by atoms with van der Waals surface area (Å²) in [6.07, 6.45) is 0. The standard InChI is InChI=1S/C45H32O2/c1-45(2)39-23-22-38-37-15-9-10-16-41(37)46-43(38)44(39)47-42-24-21-33(28-40(42)45)36-26-34(30-13-7-4-8-14-30)25-35(27-36)32-19-17-31(18-20-32)29-11-5-3-6-12-29/h3-28H,1-2H3. The van der Waals surface area contributed by atoms with Gasteiger partial charge in [0.15, 0.2) is 11.3 Å². The predicted molar refractivity (Wildman–Crippen MR) is 194 cm³/mol. The Labute approximate surface area is 274 Å². The van der Waals surface area contributed by atoms with E-state index in [0.717, 1.165) is 50.1 Å². The molecule has 0 amide bonds. The van der Waals surface area contributed by atoms with Crippen molar-refractivity contribution in [1.29, 1.82) is 0 Å². The van der Waals surface area contributed by atoms with Crippen LogP contribution in [0.4, 0.5) is 0 Å². The Bertz CT molecular complexity index is 2430. The Balaban J connectivity index is 1.15. The minimum Gasteiger partial charge on any atom is -0.453 e.